The van der Waals surface area contributed by atoms with E-state index in [2.05, 4.69) is 14.8 Å². The standard InChI is InChI=1S/C21H24F2N2O5S/c1-30-21(27)16-8-6-15(7-9-16)14-24-20(26)5-3-2-4-12-25-31(28,29)17-10-11-18(22)19(23)13-17/h6-11,13,25H,2-5,12,14H2,1H3,(H,24,26). The van der Waals surface area contributed by atoms with Crippen LogP contribution >= 0.6 is 0 Å². The Morgan fingerprint density at radius 2 is 1.68 bits per heavy atom. The first-order valence-electron chi connectivity index (χ1n) is 9.61. The normalized spacial score (nSPS) is 11.2. The Bertz CT molecular complexity index is 1010. The lowest BCUT2D eigenvalue weighted by Gasteiger charge is -2.08. The van der Waals surface area contributed by atoms with Crippen molar-refractivity contribution < 1.29 is 31.5 Å². The van der Waals surface area contributed by atoms with E-state index in [1.807, 2.05) is 0 Å². The number of amides is 1. The van der Waals surface area contributed by atoms with Crippen LogP contribution in [0.5, 0.6) is 0 Å². The third kappa shape index (κ3) is 7.72. The van der Waals surface area contributed by atoms with Crippen LogP contribution in [-0.2, 0) is 26.1 Å². The molecule has 0 unspecified atom stereocenters. The highest BCUT2D eigenvalue weighted by Gasteiger charge is 2.15. The summed E-state index contributed by atoms with van der Waals surface area (Å²) in [6.07, 6.45) is 1.96. The van der Waals surface area contributed by atoms with Crippen molar-refractivity contribution in [2.24, 2.45) is 0 Å². The smallest absolute Gasteiger partial charge is 0.337 e. The minimum atomic E-state index is -3.92. The van der Waals surface area contributed by atoms with Crippen molar-refractivity contribution in [2.75, 3.05) is 13.7 Å². The minimum Gasteiger partial charge on any atom is -0.465 e. The fourth-order valence-corrected chi connectivity index (χ4v) is 3.77. The van der Waals surface area contributed by atoms with Gasteiger partial charge in [-0.2, -0.15) is 0 Å². The van der Waals surface area contributed by atoms with Crippen LogP contribution in [0.3, 0.4) is 0 Å². The summed E-state index contributed by atoms with van der Waals surface area (Å²) in [6, 6.07) is 9.08. The van der Waals surface area contributed by atoms with E-state index in [0.29, 0.717) is 37.4 Å². The highest BCUT2D eigenvalue weighted by molar-refractivity contribution is 7.89. The van der Waals surface area contributed by atoms with Gasteiger partial charge < -0.3 is 10.1 Å². The molecule has 0 atom stereocenters. The van der Waals surface area contributed by atoms with E-state index in [1.54, 1.807) is 24.3 Å². The number of esters is 1. The molecule has 1 amide bonds. The molecule has 31 heavy (non-hydrogen) atoms. The number of nitrogens with one attached hydrogen (secondary N) is 2. The van der Waals surface area contributed by atoms with Gasteiger partial charge >= 0.3 is 5.97 Å². The summed E-state index contributed by atoms with van der Waals surface area (Å²) >= 11 is 0. The Kier molecular flexibility index (Phi) is 9.07. The second kappa shape index (κ2) is 11.5. The van der Waals surface area contributed by atoms with E-state index >= 15 is 0 Å². The predicted octanol–water partition coefficient (Wildman–Crippen LogP) is 2.91. The summed E-state index contributed by atoms with van der Waals surface area (Å²) in [5, 5.41) is 2.78. The average molecular weight is 454 g/mol. The van der Waals surface area contributed by atoms with Crippen LogP contribution < -0.4 is 10.0 Å². The van der Waals surface area contributed by atoms with E-state index in [9.17, 15) is 26.8 Å². The number of rotatable bonds is 11. The zero-order chi connectivity index (χ0) is 22.9. The molecule has 2 aromatic rings. The zero-order valence-corrected chi connectivity index (χ0v) is 17.8. The largest absolute Gasteiger partial charge is 0.465 e. The van der Waals surface area contributed by atoms with Gasteiger partial charge in [-0.25, -0.2) is 26.7 Å². The van der Waals surface area contributed by atoms with Gasteiger partial charge in [0.05, 0.1) is 17.6 Å². The number of benzene rings is 2. The zero-order valence-electron chi connectivity index (χ0n) is 17.0. The van der Waals surface area contributed by atoms with Crippen LogP contribution in [0, 0.1) is 11.6 Å². The number of sulfonamides is 1. The topological polar surface area (TPSA) is 102 Å². The molecule has 0 saturated carbocycles. The Balaban J connectivity index is 1.63. The van der Waals surface area contributed by atoms with Gasteiger partial charge in [-0.1, -0.05) is 18.6 Å². The first kappa shape index (κ1) is 24.4. The highest BCUT2D eigenvalue weighted by atomic mass is 32.2. The lowest BCUT2D eigenvalue weighted by Crippen LogP contribution is -2.25. The van der Waals surface area contributed by atoms with Gasteiger partial charge in [-0.15, -0.1) is 0 Å². The van der Waals surface area contributed by atoms with Crippen LogP contribution in [0.25, 0.3) is 0 Å². The van der Waals surface area contributed by atoms with E-state index < -0.39 is 27.6 Å². The molecule has 0 bridgehead atoms. The Morgan fingerprint density at radius 1 is 0.968 bits per heavy atom. The molecule has 2 rings (SSSR count). The summed E-state index contributed by atoms with van der Waals surface area (Å²) in [5.41, 5.74) is 1.27. The van der Waals surface area contributed by atoms with Crippen molar-refractivity contribution in [1.29, 1.82) is 0 Å². The van der Waals surface area contributed by atoms with E-state index in [1.165, 1.54) is 7.11 Å². The molecule has 0 fully saturated rings. The molecular formula is C21H24F2N2O5S. The van der Waals surface area contributed by atoms with Crippen molar-refractivity contribution in [3.8, 4) is 0 Å². The third-order valence-electron chi connectivity index (χ3n) is 4.44. The third-order valence-corrected chi connectivity index (χ3v) is 5.90. The molecule has 10 heteroatoms. The maximum atomic E-state index is 13.2. The van der Waals surface area contributed by atoms with Crippen LogP contribution in [0.1, 0.15) is 41.6 Å². The summed E-state index contributed by atoms with van der Waals surface area (Å²) in [7, 11) is -2.61. The van der Waals surface area contributed by atoms with Crippen molar-refractivity contribution in [3.05, 3.63) is 65.2 Å². The van der Waals surface area contributed by atoms with Gasteiger partial charge in [-0.3, -0.25) is 4.79 Å². The molecule has 7 nitrogen and oxygen atoms in total. The SMILES string of the molecule is COC(=O)c1ccc(CNC(=O)CCCCCNS(=O)(=O)c2ccc(F)c(F)c2)cc1. The van der Waals surface area contributed by atoms with Gasteiger partial charge in [-0.05, 0) is 48.7 Å². The fraction of sp³-hybridized carbons (Fsp3) is 0.333. The van der Waals surface area contributed by atoms with Gasteiger partial charge in [0, 0.05) is 19.5 Å². The number of hydrogen-bond donors (Lipinski definition) is 2. The molecule has 2 aromatic carbocycles. The molecule has 0 aliphatic heterocycles. The van der Waals surface area contributed by atoms with Crippen molar-refractivity contribution in [3.63, 3.8) is 0 Å². The second-order valence-electron chi connectivity index (χ2n) is 6.75. The molecule has 0 aliphatic carbocycles. The molecule has 168 valence electrons. The van der Waals surface area contributed by atoms with Crippen LogP contribution in [0.15, 0.2) is 47.4 Å². The molecule has 0 heterocycles. The van der Waals surface area contributed by atoms with Crippen LogP contribution in [0.4, 0.5) is 8.78 Å². The molecule has 0 saturated heterocycles. The number of methoxy groups -OCH3 is 1. The fourth-order valence-electron chi connectivity index (χ4n) is 2.69. The molecule has 0 aromatic heterocycles. The number of carbonyl (C=O) groups excluding carboxylic acids is 2. The maximum absolute atomic E-state index is 13.2. The molecule has 2 N–H and O–H groups in total. The van der Waals surface area contributed by atoms with Gasteiger partial charge in [0.2, 0.25) is 15.9 Å². The summed E-state index contributed by atoms with van der Waals surface area (Å²) in [6.45, 7) is 0.448. The number of hydrogen-bond acceptors (Lipinski definition) is 5. The monoisotopic (exact) mass is 454 g/mol. The summed E-state index contributed by atoms with van der Waals surface area (Å²) in [5.74, 6) is -2.91. The Morgan fingerprint density at radius 3 is 2.32 bits per heavy atom. The molecule has 0 aliphatic rings. The Hall–Kier alpha value is -2.85. The van der Waals surface area contributed by atoms with Crippen molar-refractivity contribution in [2.45, 2.75) is 37.1 Å². The number of halogens is 2. The quantitative estimate of drug-likeness (QED) is 0.402. The second-order valence-corrected chi connectivity index (χ2v) is 8.52. The highest BCUT2D eigenvalue weighted by Crippen LogP contribution is 2.13. The average Bonchev–Trinajstić information content (AvgIpc) is 2.76. The first-order chi connectivity index (χ1) is 14.7. The van der Waals surface area contributed by atoms with Crippen LogP contribution in [0.2, 0.25) is 0 Å². The van der Waals surface area contributed by atoms with Gasteiger partial charge in [0.1, 0.15) is 0 Å². The molecule has 0 radical (unpaired) electrons. The number of carbonyl (C=O) groups is 2. The predicted molar refractivity (Wildman–Crippen MR) is 110 cm³/mol. The number of ether oxygens (including phenoxy) is 1. The Labute approximate surface area is 179 Å². The van der Waals surface area contributed by atoms with Crippen molar-refractivity contribution in [1.82, 2.24) is 10.0 Å². The van der Waals surface area contributed by atoms with Crippen LogP contribution in [-0.4, -0.2) is 33.9 Å². The van der Waals surface area contributed by atoms with E-state index in [-0.39, 0.29) is 23.8 Å². The molecular weight excluding hydrogens is 430 g/mol. The lowest BCUT2D eigenvalue weighted by atomic mass is 10.1. The van der Waals surface area contributed by atoms with Gasteiger partial charge in [0.25, 0.3) is 0 Å². The van der Waals surface area contributed by atoms with E-state index in [4.69, 9.17) is 0 Å². The first-order valence-corrected chi connectivity index (χ1v) is 11.1. The minimum absolute atomic E-state index is 0.121. The van der Waals surface area contributed by atoms with E-state index in [0.717, 1.165) is 17.7 Å². The molecule has 0 spiro atoms. The number of unbranched alkanes of at least 4 members (excludes halogenated alkanes) is 2. The maximum Gasteiger partial charge on any atom is 0.337 e. The van der Waals surface area contributed by atoms with Gasteiger partial charge in [0.15, 0.2) is 11.6 Å². The van der Waals surface area contributed by atoms with Crippen molar-refractivity contribution >= 4 is 21.9 Å². The summed E-state index contributed by atoms with van der Waals surface area (Å²) < 4.78 is 57.1. The summed E-state index contributed by atoms with van der Waals surface area (Å²) in [4.78, 5) is 22.9. The lowest BCUT2D eigenvalue weighted by molar-refractivity contribution is -0.121.